The predicted molar refractivity (Wildman–Crippen MR) is 76.5 cm³/mol. The molecule has 2 saturated heterocycles. The Morgan fingerprint density at radius 1 is 1.53 bits per heavy atom. The van der Waals surface area contributed by atoms with Gasteiger partial charge in [-0.25, -0.2) is 0 Å². The van der Waals surface area contributed by atoms with Crippen molar-refractivity contribution in [3.63, 3.8) is 0 Å². The SMILES string of the molecule is O=C(CC1CSCCN1)NCCCOC1CCOC1. The first-order valence-electron chi connectivity index (χ1n) is 7.12. The minimum atomic E-state index is 0.143. The molecule has 0 saturated carbocycles. The van der Waals surface area contributed by atoms with Crippen LogP contribution in [0, 0.1) is 0 Å². The summed E-state index contributed by atoms with van der Waals surface area (Å²) in [6.45, 7) is 3.95. The van der Waals surface area contributed by atoms with E-state index >= 15 is 0 Å². The number of ether oxygens (including phenoxy) is 2. The lowest BCUT2D eigenvalue weighted by molar-refractivity contribution is -0.121. The Bertz CT molecular complexity index is 267. The molecule has 6 heteroatoms. The average molecular weight is 288 g/mol. The summed E-state index contributed by atoms with van der Waals surface area (Å²) >= 11 is 1.92. The van der Waals surface area contributed by atoms with Crippen LogP contribution in [0.25, 0.3) is 0 Å². The molecule has 2 aliphatic rings. The lowest BCUT2D eigenvalue weighted by Crippen LogP contribution is -2.41. The minimum absolute atomic E-state index is 0.143. The van der Waals surface area contributed by atoms with E-state index in [1.165, 1.54) is 0 Å². The zero-order valence-electron chi connectivity index (χ0n) is 11.4. The first-order valence-corrected chi connectivity index (χ1v) is 8.27. The molecule has 2 unspecified atom stereocenters. The number of rotatable bonds is 7. The van der Waals surface area contributed by atoms with E-state index in [0.29, 0.717) is 25.6 Å². The van der Waals surface area contributed by atoms with Gasteiger partial charge in [0.2, 0.25) is 5.91 Å². The highest BCUT2D eigenvalue weighted by atomic mass is 32.2. The maximum Gasteiger partial charge on any atom is 0.221 e. The molecule has 110 valence electrons. The highest BCUT2D eigenvalue weighted by Crippen LogP contribution is 2.10. The van der Waals surface area contributed by atoms with E-state index in [1.807, 2.05) is 11.8 Å². The van der Waals surface area contributed by atoms with Crippen LogP contribution < -0.4 is 10.6 Å². The van der Waals surface area contributed by atoms with E-state index in [9.17, 15) is 4.79 Å². The Hall–Kier alpha value is -0.300. The third-order valence-electron chi connectivity index (χ3n) is 3.31. The summed E-state index contributed by atoms with van der Waals surface area (Å²) in [6, 6.07) is 0.339. The monoisotopic (exact) mass is 288 g/mol. The Morgan fingerprint density at radius 3 is 3.21 bits per heavy atom. The van der Waals surface area contributed by atoms with Gasteiger partial charge in [-0.15, -0.1) is 0 Å². The molecule has 0 bridgehead atoms. The highest BCUT2D eigenvalue weighted by molar-refractivity contribution is 7.99. The molecule has 0 aromatic carbocycles. The first kappa shape index (κ1) is 15.1. The van der Waals surface area contributed by atoms with Crippen LogP contribution in [0.3, 0.4) is 0 Å². The Morgan fingerprint density at radius 2 is 2.47 bits per heavy atom. The molecule has 2 fully saturated rings. The molecule has 19 heavy (non-hydrogen) atoms. The molecule has 5 nitrogen and oxygen atoms in total. The molecular weight excluding hydrogens is 264 g/mol. The topological polar surface area (TPSA) is 59.6 Å². The van der Waals surface area contributed by atoms with E-state index in [2.05, 4.69) is 10.6 Å². The van der Waals surface area contributed by atoms with Crippen LogP contribution in [-0.4, -0.2) is 62.5 Å². The molecule has 0 aliphatic carbocycles. The molecule has 2 N–H and O–H groups in total. The molecule has 0 spiro atoms. The maximum absolute atomic E-state index is 11.7. The van der Waals surface area contributed by atoms with Crippen molar-refractivity contribution in [2.75, 3.05) is 44.4 Å². The van der Waals surface area contributed by atoms with E-state index in [0.717, 1.165) is 44.1 Å². The van der Waals surface area contributed by atoms with Crippen LogP contribution in [0.2, 0.25) is 0 Å². The maximum atomic E-state index is 11.7. The van der Waals surface area contributed by atoms with Gasteiger partial charge in [0.1, 0.15) is 0 Å². The zero-order chi connectivity index (χ0) is 13.3. The summed E-state index contributed by atoms with van der Waals surface area (Å²) in [5.41, 5.74) is 0. The summed E-state index contributed by atoms with van der Waals surface area (Å²) in [5, 5.41) is 6.32. The Labute approximate surface area is 119 Å². The second kappa shape index (κ2) is 8.79. The number of carbonyl (C=O) groups is 1. The van der Waals surface area contributed by atoms with Crippen molar-refractivity contribution in [1.29, 1.82) is 0 Å². The number of hydrogen-bond acceptors (Lipinski definition) is 5. The molecular formula is C13H24N2O3S. The standard InChI is InChI=1S/C13H24N2O3S/c16-13(8-11-10-19-7-4-14-11)15-3-1-5-18-12-2-6-17-9-12/h11-12,14H,1-10H2,(H,15,16). The number of thioether (sulfide) groups is 1. The van der Waals surface area contributed by atoms with Gasteiger partial charge < -0.3 is 20.1 Å². The van der Waals surface area contributed by atoms with Crippen molar-refractivity contribution in [2.24, 2.45) is 0 Å². The first-order chi connectivity index (χ1) is 9.34. The van der Waals surface area contributed by atoms with Crippen LogP contribution in [0.5, 0.6) is 0 Å². The van der Waals surface area contributed by atoms with Crippen LogP contribution in [0.1, 0.15) is 19.3 Å². The average Bonchev–Trinajstić information content (AvgIpc) is 2.92. The quantitative estimate of drug-likeness (QED) is 0.664. The van der Waals surface area contributed by atoms with Crippen molar-refractivity contribution in [2.45, 2.75) is 31.4 Å². The van der Waals surface area contributed by atoms with Crippen LogP contribution in [0.4, 0.5) is 0 Å². The Kier molecular flexibility index (Phi) is 6.98. The normalized spacial score (nSPS) is 27.4. The third kappa shape index (κ3) is 6.12. The largest absolute Gasteiger partial charge is 0.379 e. The summed E-state index contributed by atoms with van der Waals surface area (Å²) in [4.78, 5) is 11.7. The van der Waals surface area contributed by atoms with Crippen molar-refractivity contribution in [3.05, 3.63) is 0 Å². The lowest BCUT2D eigenvalue weighted by atomic mass is 10.2. The Balaban J connectivity index is 1.44. The van der Waals surface area contributed by atoms with E-state index < -0.39 is 0 Å². The second-order valence-corrected chi connectivity index (χ2v) is 6.14. The van der Waals surface area contributed by atoms with Gasteiger partial charge in [-0.05, 0) is 12.8 Å². The zero-order valence-corrected chi connectivity index (χ0v) is 12.2. The van der Waals surface area contributed by atoms with Crippen LogP contribution in [-0.2, 0) is 14.3 Å². The number of nitrogens with one attached hydrogen (secondary N) is 2. The molecule has 1 amide bonds. The van der Waals surface area contributed by atoms with Gasteiger partial charge in [0.25, 0.3) is 0 Å². The van der Waals surface area contributed by atoms with Crippen molar-refractivity contribution in [1.82, 2.24) is 10.6 Å². The van der Waals surface area contributed by atoms with Crippen molar-refractivity contribution < 1.29 is 14.3 Å². The summed E-state index contributed by atoms with van der Waals surface area (Å²) < 4.78 is 10.9. The second-order valence-electron chi connectivity index (χ2n) is 4.99. The van der Waals surface area contributed by atoms with Crippen LogP contribution in [0.15, 0.2) is 0 Å². The van der Waals surface area contributed by atoms with E-state index in [1.54, 1.807) is 0 Å². The fraction of sp³-hybridized carbons (Fsp3) is 0.923. The number of amides is 1. The molecule has 2 heterocycles. The van der Waals surface area contributed by atoms with Crippen molar-refractivity contribution in [3.8, 4) is 0 Å². The predicted octanol–water partition coefficient (Wildman–Crippen LogP) is 0.393. The van der Waals surface area contributed by atoms with Gasteiger partial charge in [0.05, 0.1) is 12.7 Å². The van der Waals surface area contributed by atoms with Gasteiger partial charge in [0.15, 0.2) is 0 Å². The van der Waals surface area contributed by atoms with Crippen molar-refractivity contribution >= 4 is 17.7 Å². The third-order valence-corrected chi connectivity index (χ3v) is 4.45. The fourth-order valence-electron chi connectivity index (χ4n) is 2.24. The van der Waals surface area contributed by atoms with Gasteiger partial charge >= 0.3 is 0 Å². The van der Waals surface area contributed by atoms with Gasteiger partial charge in [-0.3, -0.25) is 4.79 Å². The van der Waals surface area contributed by atoms with Crippen LogP contribution >= 0.6 is 11.8 Å². The molecule has 0 radical (unpaired) electrons. The van der Waals surface area contributed by atoms with Gasteiger partial charge in [0, 0.05) is 50.3 Å². The minimum Gasteiger partial charge on any atom is -0.379 e. The van der Waals surface area contributed by atoms with E-state index in [-0.39, 0.29) is 12.0 Å². The number of carbonyl (C=O) groups excluding carboxylic acids is 1. The molecule has 2 atom stereocenters. The summed E-state index contributed by atoms with van der Waals surface area (Å²) in [6.07, 6.45) is 2.72. The molecule has 2 aliphatic heterocycles. The van der Waals surface area contributed by atoms with Gasteiger partial charge in [-0.1, -0.05) is 0 Å². The number of hydrogen-bond donors (Lipinski definition) is 2. The highest BCUT2D eigenvalue weighted by Gasteiger charge is 2.17. The molecule has 0 aromatic rings. The fourth-order valence-corrected chi connectivity index (χ4v) is 3.19. The smallest absolute Gasteiger partial charge is 0.221 e. The summed E-state index contributed by atoms with van der Waals surface area (Å²) in [7, 11) is 0. The molecule has 0 aromatic heterocycles. The summed E-state index contributed by atoms with van der Waals surface area (Å²) in [5.74, 6) is 2.34. The van der Waals surface area contributed by atoms with Gasteiger partial charge in [-0.2, -0.15) is 11.8 Å². The van der Waals surface area contributed by atoms with E-state index in [4.69, 9.17) is 9.47 Å². The lowest BCUT2D eigenvalue weighted by Gasteiger charge is -2.22. The molecule has 2 rings (SSSR count).